The molecule has 0 aliphatic heterocycles. The molecule has 0 amide bonds. The minimum Gasteiger partial charge on any atom is -0.397 e. The van der Waals surface area contributed by atoms with Crippen LogP contribution in [0.5, 0.6) is 0 Å². The molecule has 2 rings (SSSR count). The summed E-state index contributed by atoms with van der Waals surface area (Å²) in [5, 5.41) is 0. The normalized spacial score (nSPS) is 11.3. The number of nitrogens with one attached hydrogen (secondary N) is 1. The van der Waals surface area contributed by atoms with Gasteiger partial charge in [0.2, 0.25) is 0 Å². The lowest BCUT2D eigenvalue weighted by molar-refractivity contribution is 0.569. The number of hydrogen-bond donors (Lipinski definition) is 2. The standard InChI is InChI=1S/C11H9BrFN3O2S/c12-7-1-3-10(9(13)5-7)19(17,18)16-11-4-2-8(14)6-15-11/h1-6H,14H2,(H,15,16). The van der Waals surface area contributed by atoms with Gasteiger partial charge in [-0.3, -0.25) is 4.72 Å². The van der Waals surface area contributed by atoms with Gasteiger partial charge < -0.3 is 5.73 Å². The van der Waals surface area contributed by atoms with Crippen molar-refractivity contribution in [2.45, 2.75) is 4.90 Å². The molecule has 2 aromatic rings. The summed E-state index contributed by atoms with van der Waals surface area (Å²) in [6.45, 7) is 0. The highest BCUT2D eigenvalue weighted by atomic mass is 79.9. The summed E-state index contributed by atoms with van der Waals surface area (Å²) in [7, 11) is -4.02. The number of rotatable bonds is 3. The van der Waals surface area contributed by atoms with Crippen LogP contribution < -0.4 is 10.5 Å². The van der Waals surface area contributed by atoms with Crippen molar-refractivity contribution in [3.63, 3.8) is 0 Å². The maximum atomic E-state index is 13.6. The van der Waals surface area contributed by atoms with Crippen molar-refractivity contribution in [2.75, 3.05) is 10.5 Å². The minimum atomic E-state index is -4.02. The molecule has 0 aliphatic rings. The second-order valence-electron chi connectivity index (χ2n) is 3.66. The molecule has 0 atom stereocenters. The Hall–Kier alpha value is -1.67. The van der Waals surface area contributed by atoms with Crippen molar-refractivity contribution in [3.05, 3.63) is 46.8 Å². The van der Waals surface area contributed by atoms with E-state index >= 15 is 0 Å². The van der Waals surface area contributed by atoms with Gasteiger partial charge in [-0.1, -0.05) is 15.9 Å². The molecule has 0 bridgehead atoms. The molecule has 1 heterocycles. The molecule has 3 N–H and O–H groups in total. The van der Waals surface area contributed by atoms with Crippen molar-refractivity contribution in [1.82, 2.24) is 4.98 Å². The molecule has 5 nitrogen and oxygen atoms in total. The summed E-state index contributed by atoms with van der Waals surface area (Å²) in [6.07, 6.45) is 1.30. The van der Waals surface area contributed by atoms with E-state index in [1.807, 2.05) is 0 Å². The molecular formula is C11H9BrFN3O2S. The van der Waals surface area contributed by atoms with Crippen molar-refractivity contribution in [1.29, 1.82) is 0 Å². The smallest absolute Gasteiger partial charge is 0.265 e. The van der Waals surface area contributed by atoms with Crippen LogP contribution in [0.4, 0.5) is 15.9 Å². The summed E-state index contributed by atoms with van der Waals surface area (Å²) >= 11 is 3.06. The first kappa shape index (κ1) is 13.8. The van der Waals surface area contributed by atoms with Gasteiger partial charge in [0.1, 0.15) is 16.5 Å². The van der Waals surface area contributed by atoms with Crippen LogP contribution in [0.25, 0.3) is 0 Å². The number of nitrogens with zero attached hydrogens (tertiary/aromatic N) is 1. The number of anilines is 2. The predicted molar refractivity (Wildman–Crippen MR) is 73.6 cm³/mol. The Labute approximate surface area is 117 Å². The van der Waals surface area contributed by atoms with E-state index in [1.54, 1.807) is 0 Å². The van der Waals surface area contributed by atoms with Crippen LogP contribution in [0, 0.1) is 5.82 Å². The number of hydrogen-bond acceptors (Lipinski definition) is 4. The van der Waals surface area contributed by atoms with E-state index in [0.29, 0.717) is 10.2 Å². The number of aromatic nitrogens is 1. The van der Waals surface area contributed by atoms with Crippen LogP contribution in [0.2, 0.25) is 0 Å². The lowest BCUT2D eigenvalue weighted by atomic mass is 10.3. The zero-order valence-corrected chi connectivity index (χ0v) is 11.9. The molecule has 0 saturated carbocycles. The van der Waals surface area contributed by atoms with Gasteiger partial charge in [0.25, 0.3) is 10.0 Å². The molecule has 0 fully saturated rings. The third kappa shape index (κ3) is 3.21. The average Bonchev–Trinajstić information content (AvgIpc) is 2.31. The summed E-state index contributed by atoms with van der Waals surface area (Å²) < 4.78 is 40.2. The molecule has 0 unspecified atom stereocenters. The van der Waals surface area contributed by atoms with Crippen LogP contribution in [-0.4, -0.2) is 13.4 Å². The minimum absolute atomic E-state index is 0.0662. The summed E-state index contributed by atoms with van der Waals surface area (Å²) in [5.41, 5.74) is 5.84. The maximum Gasteiger partial charge on any atom is 0.265 e. The van der Waals surface area contributed by atoms with Crippen molar-refractivity contribution in [2.24, 2.45) is 0 Å². The lowest BCUT2D eigenvalue weighted by Gasteiger charge is -2.08. The second kappa shape index (κ2) is 5.14. The fraction of sp³-hybridized carbons (Fsp3) is 0. The highest BCUT2D eigenvalue weighted by Crippen LogP contribution is 2.21. The van der Waals surface area contributed by atoms with Crippen LogP contribution >= 0.6 is 15.9 Å². The highest BCUT2D eigenvalue weighted by Gasteiger charge is 2.19. The number of nitrogen functional groups attached to an aromatic ring is 1. The Morgan fingerprint density at radius 1 is 1.26 bits per heavy atom. The number of sulfonamides is 1. The molecule has 1 aromatic heterocycles. The number of pyridine rings is 1. The molecule has 0 aliphatic carbocycles. The molecule has 0 spiro atoms. The zero-order chi connectivity index (χ0) is 14.0. The van der Waals surface area contributed by atoms with Gasteiger partial charge in [-0.15, -0.1) is 0 Å². The molecule has 8 heteroatoms. The summed E-state index contributed by atoms with van der Waals surface area (Å²) in [4.78, 5) is 3.34. The average molecular weight is 346 g/mol. The van der Waals surface area contributed by atoms with E-state index in [0.717, 1.165) is 6.07 Å². The fourth-order valence-corrected chi connectivity index (χ4v) is 2.75. The zero-order valence-electron chi connectivity index (χ0n) is 9.47. The van der Waals surface area contributed by atoms with Crippen LogP contribution in [0.1, 0.15) is 0 Å². The highest BCUT2D eigenvalue weighted by molar-refractivity contribution is 9.10. The van der Waals surface area contributed by atoms with Crippen LogP contribution in [0.15, 0.2) is 45.9 Å². The van der Waals surface area contributed by atoms with Crippen molar-refractivity contribution < 1.29 is 12.8 Å². The molecule has 100 valence electrons. The first-order valence-electron chi connectivity index (χ1n) is 5.08. The van der Waals surface area contributed by atoms with Crippen molar-refractivity contribution in [3.8, 4) is 0 Å². The third-order valence-corrected chi connectivity index (χ3v) is 4.09. The largest absolute Gasteiger partial charge is 0.397 e. The molecule has 0 saturated heterocycles. The predicted octanol–water partition coefficient (Wildman–Crippen LogP) is 2.37. The Balaban J connectivity index is 2.35. The van der Waals surface area contributed by atoms with Gasteiger partial charge in [-0.25, -0.2) is 17.8 Å². The number of nitrogens with two attached hydrogens (primary N) is 1. The monoisotopic (exact) mass is 345 g/mol. The van der Waals surface area contributed by atoms with Gasteiger partial charge in [0.05, 0.1) is 11.9 Å². The molecule has 0 radical (unpaired) electrons. The van der Waals surface area contributed by atoms with Gasteiger partial charge >= 0.3 is 0 Å². The van der Waals surface area contributed by atoms with Gasteiger partial charge in [-0.2, -0.15) is 0 Å². The molecular weight excluding hydrogens is 337 g/mol. The SMILES string of the molecule is Nc1ccc(NS(=O)(=O)c2ccc(Br)cc2F)nc1. The Bertz CT molecular complexity index is 704. The second-order valence-corrected chi connectivity index (χ2v) is 6.22. The van der Waals surface area contributed by atoms with E-state index < -0.39 is 20.7 Å². The quantitative estimate of drug-likeness (QED) is 0.894. The molecule has 1 aromatic carbocycles. The number of halogens is 2. The number of benzene rings is 1. The first-order chi connectivity index (χ1) is 8.88. The Morgan fingerprint density at radius 2 is 2.00 bits per heavy atom. The lowest BCUT2D eigenvalue weighted by Crippen LogP contribution is -2.15. The van der Waals surface area contributed by atoms with E-state index in [1.165, 1.54) is 30.5 Å². The van der Waals surface area contributed by atoms with E-state index in [-0.39, 0.29) is 5.82 Å². The topological polar surface area (TPSA) is 85.1 Å². The maximum absolute atomic E-state index is 13.6. The first-order valence-corrected chi connectivity index (χ1v) is 7.35. The molecule has 19 heavy (non-hydrogen) atoms. The Morgan fingerprint density at radius 3 is 2.58 bits per heavy atom. The van der Waals surface area contributed by atoms with Gasteiger partial charge in [-0.05, 0) is 30.3 Å². The van der Waals surface area contributed by atoms with E-state index in [2.05, 4.69) is 25.6 Å². The van der Waals surface area contributed by atoms with E-state index in [9.17, 15) is 12.8 Å². The van der Waals surface area contributed by atoms with Crippen LogP contribution in [0.3, 0.4) is 0 Å². The van der Waals surface area contributed by atoms with Crippen LogP contribution in [-0.2, 0) is 10.0 Å². The summed E-state index contributed by atoms with van der Waals surface area (Å²) in [6, 6.07) is 6.56. The van der Waals surface area contributed by atoms with Gasteiger partial charge in [0.15, 0.2) is 0 Å². The summed E-state index contributed by atoms with van der Waals surface area (Å²) in [5.74, 6) is -0.783. The third-order valence-electron chi connectivity index (χ3n) is 2.21. The van der Waals surface area contributed by atoms with E-state index in [4.69, 9.17) is 5.73 Å². The Kier molecular flexibility index (Phi) is 3.72. The van der Waals surface area contributed by atoms with Gasteiger partial charge in [0, 0.05) is 4.47 Å². The van der Waals surface area contributed by atoms with Crippen molar-refractivity contribution >= 4 is 37.5 Å². The fourth-order valence-electron chi connectivity index (χ4n) is 1.35.